The lowest BCUT2D eigenvalue weighted by Gasteiger charge is -2.28. The number of hydrogen-bond acceptors (Lipinski definition) is 3. The summed E-state index contributed by atoms with van der Waals surface area (Å²) in [5.74, 6) is 1.66. The summed E-state index contributed by atoms with van der Waals surface area (Å²) in [6.45, 7) is 0.682. The first-order valence-corrected chi connectivity index (χ1v) is 9.74. The van der Waals surface area contributed by atoms with Crippen LogP contribution in [0.3, 0.4) is 0 Å². The third kappa shape index (κ3) is 4.26. The number of nitrogens with one attached hydrogen (secondary N) is 1. The fourth-order valence-corrected chi connectivity index (χ4v) is 4.08. The molecule has 1 aliphatic carbocycles. The van der Waals surface area contributed by atoms with Gasteiger partial charge in [0, 0.05) is 6.54 Å². The lowest BCUT2D eigenvalue weighted by molar-refractivity contribution is -0.126. The van der Waals surface area contributed by atoms with Crippen molar-refractivity contribution in [2.45, 2.75) is 43.9 Å². The average molecular weight is 367 g/mol. The standard InChI is InChI=1S/C23H29NO3/c1-26-20-13-12-18(17-21(20)27-2)9-8-16-24-22(25)23(14-6-7-15-23)19-10-4-3-5-11-19/h3-5,10-13,17H,6-9,14-16H2,1-2H3,(H,24,25). The number of rotatable bonds is 8. The second-order valence-electron chi connectivity index (χ2n) is 7.20. The van der Waals surface area contributed by atoms with Crippen LogP contribution in [-0.4, -0.2) is 26.7 Å². The van der Waals surface area contributed by atoms with Crippen LogP contribution in [0, 0.1) is 0 Å². The zero-order chi connectivity index (χ0) is 19.1. The zero-order valence-electron chi connectivity index (χ0n) is 16.3. The van der Waals surface area contributed by atoms with E-state index in [0.717, 1.165) is 55.6 Å². The van der Waals surface area contributed by atoms with E-state index in [4.69, 9.17) is 9.47 Å². The van der Waals surface area contributed by atoms with E-state index >= 15 is 0 Å². The van der Waals surface area contributed by atoms with Crippen molar-refractivity contribution in [3.05, 3.63) is 59.7 Å². The van der Waals surface area contributed by atoms with Gasteiger partial charge in [-0.25, -0.2) is 0 Å². The molecule has 0 saturated heterocycles. The summed E-state index contributed by atoms with van der Waals surface area (Å²) >= 11 is 0. The van der Waals surface area contributed by atoms with Crippen molar-refractivity contribution in [3.63, 3.8) is 0 Å². The van der Waals surface area contributed by atoms with Gasteiger partial charge in [0.25, 0.3) is 0 Å². The summed E-state index contributed by atoms with van der Waals surface area (Å²) in [5, 5.41) is 3.19. The van der Waals surface area contributed by atoms with E-state index in [2.05, 4.69) is 17.4 Å². The van der Waals surface area contributed by atoms with Gasteiger partial charge in [0.1, 0.15) is 0 Å². The fourth-order valence-electron chi connectivity index (χ4n) is 4.08. The van der Waals surface area contributed by atoms with Crippen LogP contribution in [0.15, 0.2) is 48.5 Å². The van der Waals surface area contributed by atoms with E-state index in [1.807, 2.05) is 36.4 Å². The van der Waals surface area contributed by atoms with Gasteiger partial charge in [0.05, 0.1) is 19.6 Å². The monoisotopic (exact) mass is 367 g/mol. The number of benzene rings is 2. The van der Waals surface area contributed by atoms with Crippen LogP contribution in [0.25, 0.3) is 0 Å². The van der Waals surface area contributed by atoms with E-state index in [1.165, 1.54) is 5.56 Å². The Labute approximate surface area is 161 Å². The minimum absolute atomic E-state index is 0.179. The van der Waals surface area contributed by atoms with Crippen molar-refractivity contribution in [3.8, 4) is 11.5 Å². The van der Waals surface area contributed by atoms with E-state index in [0.29, 0.717) is 6.54 Å². The predicted molar refractivity (Wildman–Crippen MR) is 107 cm³/mol. The Morgan fingerprint density at radius 2 is 1.70 bits per heavy atom. The lowest BCUT2D eigenvalue weighted by Crippen LogP contribution is -2.43. The van der Waals surface area contributed by atoms with Crippen LogP contribution in [0.2, 0.25) is 0 Å². The van der Waals surface area contributed by atoms with E-state index in [1.54, 1.807) is 14.2 Å². The third-order valence-corrected chi connectivity index (χ3v) is 5.59. The molecule has 4 heteroatoms. The van der Waals surface area contributed by atoms with Crippen LogP contribution < -0.4 is 14.8 Å². The topological polar surface area (TPSA) is 47.6 Å². The van der Waals surface area contributed by atoms with Crippen molar-refractivity contribution >= 4 is 5.91 Å². The van der Waals surface area contributed by atoms with Crippen LogP contribution >= 0.6 is 0 Å². The Balaban J connectivity index is 1.56. The Morgan fingerprint density at radius 3 is 2.37 bits per heavy atom. The van der Waals surface area contributed by atoms with Gasteiger partial charge in [-0.2, -0.15) is 0 Å². The SMILES string of the molecule is COc1ccc(CCCNC(=O)C2(c3ccccc3)CCCC2)cc1OC. The molecule has 1 fully saturated rings. The number of carbonyl (C=O) groups excluding carboxylic acids is 1. The minimum atomic E-state index is -0.343. The molecular weight excluding hydrogens is 338 g/mol. The molecule has 1 aliphatic rings. The number of aryl methyl sites for hydroxylation is 1. The molecule has 0 spiro atoms. The molecule has 1 N–H and O–H groups in total. The molecule has 1 saturated carbocycles. The largest absolute Gasteiger partial charge is 0.493 e. The summed E-state index contributed by atoms with van der Waals surface area (Å²) in [5.41, 5.74) is 1.99. The van der Waals surface area contributed by atoms with Crippen molar-refractivity contribution in [1.82, 2.24) is 5.32 Å². The first kappa shape index (κ1) is 19.3. The lowest BCUT2D eigenvalue weighted by atomic mass is 9.78. The number of carbonyl (C=O) groups is 1. The van der Waals surface area contributed by atoms with E-state index in [-0.39, 0.29) is 11.3 Å². The van der Waals surface area contributed by atoms with Crippen LogP contribution in [-0.2, 0) is 16.6 Å². The predicted octanol–water partition coefficient (Wildman–Crippen LogP) is 4.26. The highest BCUT2D eigenvalue weighted by Crippen LogP contribution is 2.41. The Hall–Kier alpha value is -2.49. The molecule has 0 bridgehead atoms. The van der Waals surface area contributed by atoms with Gasteiger partial charge < -0.3 is 14.8 Å². The molecule has 0 radical (unpaired) electrons. The molecule has 0 aliphatic heterocycles. The summed E-state index contributed by atoms with van der Waals surface area (Å²) in [7, 11) is 3.28. The highest BCUT2D eigenvalue weighted by atomic mass is 16.5. The molecule has 4 nitrogen and oxygen atoms in total. The smallest absolute Gasteiger partial charge is 0.230 e. The first-order chi connectivity index (χ1) is 13.2. The number of ether oxygens (including phenoxy) is 2. The van der Waals surface area contributed by atoms with Crippen molar-refractivity contribution in [2.24, 2.45) is 0 Å². The van der Waals surface area contributed by atoms with Crippen molar-refractivity contribution in [1.29, 1.82) is 0 Å². The van der Waals surface area contributed by atoms with Gasteiger partial charge in [-0.1, -0.05) is 49.2 Å². The molecule has 144 valence electrons. The number of hydrogen-bond donors (Lipinski definition) is 1. The maximum atomic E-state index is 13.0. The Bertz CT molecular complexity index is 751. The Kier molecular flexibility index (Phi) is 6.38. The summed E-state index contributed by atoms with van der Waals surface area (Å²) < 4.78 is 10.6. The average Bonchev–Trinajstić information content (AvgIpc) is 3.22. The molecule has 0 unspecified atom stereocenters. The molecule has 27 heavy (non-hydrogen) atoms. The maximum absolute atomic E-state index is 13.0. The van der Waals surface area contributed by atoms with Crippen LogP contribution in [0.1, 0.15) is 43.2 Å². The van der Waals surface area contributed by atoms with Crippen molar-refractivity contribution in [2.75, 3.05) is 20.8 Å². The summed E-state index contributed by atoms with van der Waals surface area (Å²) in [4.78, 5) is 13.0. The molecule has 0 atom stereocenters. The molecule has 2 aromatic rings. The van der Waals surface area contributed by atoms with E-state index < -0.39 is 0 Å². The van der Waals surface area contributed by atoms with E-state index in [9.17, 15) is 4.79 Å². The number of amides is 1. The molecule has 0 aromatic heterocycles. The summed E-state index contributed by atoms with van der Waals surface area (Å²) in [6.07, 6.45) is 5.91. The van der Waals surface area contributed by atoms with Crippen LogP contribution in [0.4, 0.5) is 0 Å². The molecule has 2 aromatic carbocycles. The summed E-state index contributed by atoms with van der Waals surface area (Å²) in [6, 6.07) is 16.2. The Morgan fingerprint density at radius 1 is 1.00 bits per heavy atom. The highest BCUT2D eigenvalue weighted by molar-refractivity contribution is 5.88. The van der Waals surface area contributed by atoms with Gasteiger partial charge >= 0.3 is 0 Å². The zero-order valence-corrected chi connectivity index (χ0v) is 16.3. The second-order valence-corrected chi connectivity index (χ2v) is 7.20. The van der Waals surface area contributed by atoms with Gasteiger partial charge in [-0.15, -0.1) is 0 Å². The number of methoxy groups -OCH3 is 2. The van der Waals surface area contributed by atoms with Crippen LogP contribution in [0.5, 0.6) is 11.5 Å². The normalized spacial score (nSPS) is 15.3. The van der Waals surface area contributed by atoms with Crippen molar-refractivity contribution < 1.29 is 14.3 Å². The molecular formula is C23H29NO3. The van der Waals surface area contributed by atoms with Gasteiger partial charge in [0.15, 0.2) is 11.5 Å². The molecule has 0 heterocycles. The minimum Gasteiger partial charge on any atom is -0.493 e. The van der Waals surface area contributed by atoms with Gasteiger partial charge in [0.2, 0.25) is 5.91 Å². The highest BCUT2D eigenvalue weighted by Gasteiger charge is 2.42. The quantitative estimate of drug-likeness (QED) is 0.709. The fraction of sp³-hybridized carbons (Fsp3) is 0.435. The third-order valence-electron chi connectivity index (χ3n) is 5.59. The van der Waals surface area contributed by atoms with Gasteiger partial charge in [-0.3, -0.25) is 4.79 Å². The second kappa shape index (κ2) is 8.94. The maximum Gasteiger partial charge on any atom is 0.230 e. The molecule has 3 rings (SSSR count). The molecule has 1 amide bonds. The first-order valence-electron chi connectivity index (χ1n) is 9.74. The van der Waals surface area contributed by atoms with Gasteiger partial charge in [-0.05, 0) is 48.9 Å².